The molecule has 0 bridgehead atoms. The Morgan fingerprint density at radius 3 is 2.70 bits per heavy atom. The van der Waals surface area contributed by atoms with Gasteiger partial charge in [-0.25, -0.2) is 0 Å². The van der Waals surface area contributed by atoms with E-state index in [-0.39, 0.29) is 17.9 Å². The molecule has 3 nitrogen and oxygen atoms in total. The van der Waals surface area contributed by atoms with Crippen LogP contribution in [0, 0.1) is 0 Å². The molecule has 0 saturated heterocycles. The lowest BCUT2D eigenvalue weighted by Crippen LogP contribution is -2.23. The second kappa shape index (κ2) is 5.55. The van der Waals surface area contributed by atoms with Gasteiger partial charge in [0.2, 0.25) is 0 Å². The highest BCUT2D eigenvalue weighted by atomic mass is 16.5. The number of ether oxygens (including phenoxy) is 1. The van der Waals surface area contributed by atoms with Gasteiger partial charge in [0.25, 0.3) is 0 Å². The van der Waals surface area contributed by atoms with Crippen molar-refractivity contribution in [2.45, 2.75) is 25.5 Å². The highest BCUT2D eigenvalue weighted by Gasteiger charge is 2.29. The predicted octanol–water partition coefficient (Wildman–Crippen LogP) is 4.03. The minimum absolute atomic E-state index is 0.0218. The second-order valence-corrected chi connectivity index (χ2v) is 5.03. The van der Waals surface area contributed by atoms with Crippen LogP contribution in [0.25, 0.3) is 0 Å². The largest absolute Gasteiger partial charge is 0.506 e. The summed E-state index contributed by atoms with van der Waals surface area (Å²) in [6, 6.07) is 16.0. The molecule has 1 heterocycles. The van der Waals surface area contributed by atoms with Crippen LogP contribution in [0.2, 0.25) is 0 Å². The van der Waals surface area contributed by atoms with E-state index in [1.807, 2.05) is 37.3 Å². The van der Waals surface area contributed by atoms with Crippen molar-refractivity contribution < 1.29 is 9.84 Å². The first-order valence-electron chi connectivity index (χ1n) is 7.04. The van der Waals surface area contributed by atoms with E-state index in [4.69, 9.17) is 4.74 Å². The average Bonchev–Trinajstić information content (AvgIpc) is 2.49. The Morgan fingerprint density at radius 1 is 1.15 bits per heavy atom. The van der Waals surface area contributed by atoms with Crippen molar-refractivity contribution in [1.82, 2.24) is 0 Å². The van der Waals surface area contributed by atoms with Gasteiger partial charge in [-0.2, -0.15) is 0 Å². The van der Waals surface area contributed by atoms with Crippen molar-refractivity contribution >= 4 is 5.69 Å². The summed E-state index contributed by atoms with van der Waals surface area (Å²) in [7, 11) is 0. The van der Waals surface area contributed by atoms with Gasteiger partial charge in [-0.15, -0.1) is 0 Å². The van der Waals surface area contributed by atoms with Crippen LogP contribution in [0.15, 0.2) is 48.5 Å². The third-order valence-electron chi connectivity index (χ3n) is 3.76. The lowest BCUT2D eigenvalue weighted by Gasteiger charge is -2.33. The molecule has 0 unspecified atom stereocenters. The van der Waals surface area contributed by atoms with Gasteiger partial charge in [0.05, 0.1) is 17.8 Å². The van der Waals surface area contributed by atoms with E-state index in [0.29, 0.717) is 6.61 Å². The van der Waals surface area contributed by atoms with E-state index in [1.54, 1.807) is 6.07 Å². The van der Waals surface area contributed by atoms with Gasteiger partial charge in [-0.05, 0) is 18.6 Å². The van der Waals surface area contributed by atoms with Gasteiger partial charge in [0, 0.05) is 18.6 Å². The summed E-state index contributed by atoms with van der Waals surface area (Å²) in [5.41, 5.74) is 3.05. The lowest BCUT2D eigenvalue weighted by molar-refractivity contribution is 0.0497. The summed E-state index contributed by atoms with van der Waals surface area (Å²) >= 11 is 0. The fourth-order valence-electron chi connectivity index (χ4n) is 2.82. The standard InChI is InChI=1S/C17H19NO2/c1-2-20-16-11-14(12-7-4-3-5-8-12)18-17-13(16)9-6-10-15(17)19/h3-10,14,16,18-19H,2,11H2,1H3/t14-,16-/m1/s1. The molecule has 3 rings (SSSR count). The van der Waals surface area contributed by atoms with Crippen LogP contribution in [0.3, 0.4) is 0 Å². The normalized spacial score (nSPS) is 21.1. The topological polar surface area (TPSA) is 41.5 Å². The van der Waals surface area contributed by atoms with Crippen molar-refractivity contribution in [1.29, 1.82) is 0 Å². The summed E-state index contributed by atoms with van der Waals surface area (Å²) in [5, 5.41) is 13.5. The number of benzene rings is 2. The van der Waals surface area contributed by atoms with Gasteiger partial charge in [0.15, 0.2) is 0 Å². The minimum Gasteiger partial charge on any atom is -0.506 e. The van der Waals surface area contributed by atoms with Gasteiger partial charge < -0.3 is 15.2 Å². The Morgan fingerprint density at radius 2 is 1.95 bits per heavy atom. The van der Waals surface area contributed by atoms with E-state index < -0.39 is 0 Å². The maximum Gasteiger partial charge on any atom is 0.139 e. The zero-order valence-corrected chi connectivity index (χ0v) is 11.5. The van der Waals surface area contributed by atoms with Gasteiger partial charge in [-0.3, -0.25) is 0 Å². The van der Waals surface area contributed by atoms with Crippen molar-refractivity contribution in [3.63, 3.8) is 0 Å². The number of fused-ring (bicyclic) bond motifs is 1. The Kier molecular flexibility index (Phi) is 3.61. The molecule has 1 aliphatic heterocycles. The molecule has 2 aromatic rings. The zero-order chi connectivity index (χ0) is 13.9. The molecule has 104 valence electrons. The summed E-state index contributed by atoms with van der Waals surface area (Å²) in [6.07, 6.45) is 0.891. The molecule has 3 heteroatoms. The lowest BCUT2D eigenvalue weighted by atomic mass is 9.91. The predicted molar refractivity (Wildman–Crippen MR) is 79.9 cm³/mol. The van der Waals surface area contributed by atoms with E-state index in [2.05, 4.69) is 17.4 Å². The first-order chi connectivity index (χ1) is 9.79. The molecule has 1 aliphatic rings. The van der Waals surface area contributed by atoms with Crippen LogP contribution in [0.1, 0.15) is 36.6 Å². The van der Waals surface area contributed by atoms with Crippen LogP contribution in [0.5, 0.6) is 5.75 Å². The van der Waals surface area contributed by atoms with Crippen LogP contribution in [0.4, 0.5) is 5.69 Å². The number of aromatic hydroxyl groups is 1. The highest BCUT2D eigenvalue weighted by molar-refractivity contribution is 5.64. The summed E-state index contributed by atoms with van der Waals surface area (Å²) in [5.74, 6) is 0.285. The molecule has 0 radical (unpaired) electrons. The number of rotatable bonds is 3. The van der Waals surface area contributed by atoms with E-state index in [9.17, 15) is 5.11 Å². The molecule has 2 atom stereocenters. The molecule has 0 aromatic heterocycles. The first kappa shape index (κ1) is 13.0. The first-order valence-corrected chi connectivity index (χ1v) is 7.04. The van der Waals surface area contributed by atoms with E-state index in [0.717, 1.165) is 17.7 Å². The van der Waals surface area contributed by atoms with Crippen LogP contribution in [-0.4, -0.2) is 11.7 Å². The Bertz CT molecular complexity index is 583. The molecule has 2 aromatic carbocycles. The van der Waals surface area contributed by atoms with Crippen molar-refractivity contribution in [3.8, 4) is 5.75 Å². The maximum absolute atomic E-state index is 10.1. The molecule has 0 amide bonds. The smallest absolute Gasteiger partial charge is 0.139 e. The van der Waals surface area contributed by atoms with E-state index in [1.165, 1.54) is 5.56 Å². The molecular formula is C17H19NO2. The summed E-state index contributed by atoms with van der Waals surface area (Å²) < 4.78 is 5.86. The number of phenols is 1. The molecule has 0 spiro atoms. The zero-order valence-electron chi connectivity index (χ0n) is 11.5. The third-order valence-corrected chi connectivity index (χ3v) is 3.76. The monoisotopic (exact) mass is 269 g/mol. The van der Waals surface area contributed by atoms with Crippen LogP contribution in [-0.2, 0) is 4.74 Å². The average molecular weight is 269 g/mol. The fourth-order valence-corrected chi connectivity index (χ4v) is 2.82. The Balaban J connectivity index is 1.98. The number of anilines is 1. The highest BCUT2D eigenvalue weighted by Crippen LogP contribution is 2.44. The Labute approximate surface area is 119 Å². The van der Waals surface area contributed by atoms with Gasteiger partial charge in [-0.1, -0.05) is 42.5 Å². The van der Waals surface area contributed by atoms with Crippen molar-refractivity contribution in [2.24, 2.45) is 0 Å². The van der Waals surface area contributed by atoms with Crippen LogP contribution >= 0.6 is 0 Å². The molecule has 0 aliphatic carbocycles. The maximum atomic E-state index is 10.1. The molecular weight excluding hydrogens is 250 g/mol. The molecule has 0 saturated carbocycles. The van der Waals surface area contributed by atoms with Crippen LogP contribution < -0.4 is 5.32 Å². The number of hydrogen-bond donors (Lipinski definition) is 2. The number of phenolic OH excluding ortho intramolecular Hbond substituents is 1. The Hall–Kier alpha value is -2.00. The SMILES string of the molecule is CCO[C@@H]1C[C@H](c2ccccc2)Nc2c(O)cccc21. The fraction of sp³-hybridized carbons (Fsp3) is 0.294. The van der Waals surface area contributed by atoms with Gasteiger partial charge in [0.1, 0.15) is 5.75 Å². The quantitative estimate of drug-likeness (QED) is 0.827. The second-order valence-electron chi connectivity index (χ2n) is 5.03. The summed E-state index contributed by atoms with van der Waals surface area (Å²) in [4.78, 5) is 0. The molecule has 20 heavy (non-hydrogen) atoms. The number of para-hydroxylation sites is 1. The van der Waals surface area contributed by atoms with Crippen molar-refractivity contribution in [3.05, 3.63) is 59.7 Å². The minimum atomic E-state index is 0.0218. The van der Waals surface area contributed by atoms with Gasteiger partial charge >= 0.3 is 0 Å². The molecule has 0 fully saturated rings. The summed E-state index contributed by atoms with van der Waals surface area (Å²) in [6.45, 7) is 2.67. The molecule has 2 N–H and O–H groups in total. The third kappa shape index (κ3) is 2.37. The number of hydrogen-bond acceptors (Lipinski definition) is 3. The van der Waals surface area contributed by atoms with E-state index >= 15 is 0 Å². The number of nitrogens with one attached hydrogen (secondary N) is 1. The van der Waals surface area contributed by atoms with Crippen molar-refractivity contribution in [2.75, 3.05) is 11.9 Å².